The number of carbonyl (C=O) groups is 1. The van der Waals surface area contributed by atoms with Gasteiger partial charge in [0.05, 0.1) is 6.54 Å². The summed E-state index contributed by atoms with van der Waals surface area (Å²) >= 11 is 0. The molecule has 1 heterocycles. The van der Waals surface area contributed by atoms with E-state index in [1.165, 1.54) is 0 Å². The molecule has 4 nitrogen and oxygen atoms in total. The third-order valence-electron chi connectivity index (χ3n) is 3.88. The monoisotopic (exact) mass is 261 g/mol. The molecule has 0 aromatic heterocycles. The number of hydrogen-bond acceptors (Lipinski definition) is 3. The van der Waals surface area contributed by atoms with Crippen molar-refractivity contribution in [1.82, 2.24) is 4.90 Å². The average Bonchev–Trinajstić information content (AvgIpc) is 2.68. The lowest BCUT2D eigenvalue weighted by atomic mass is 10.0. The molecule has 2 unspecified atom stereocenters. The molecule has 2 atom stereocenters. The van der Waals surface area contributed by atoms with Crippen molar-refractivity contribution >= 4 is 11.6 Å². The second-order valence-electron chi connectivity index (χ2n) is 5.60. The maximum absolute atomic E-state index is 12.0. The van der Waals surface area contributed by atoms with Crippen LogP contribution < -0.4 is 11.1 Å². The van der Waals surface area contributed by atoms with Gasteiger partial charge >= 0.3 is 0 Å². The van der Waals surface area contributed by atoms with Crippen molar-refractivity contribution < 1.29 is 4.79 Å². The summed E-state index contributed by atoms with van der Waals surface area (Å²) in [5.74, 6) is 1.40. The number of carbonyl (C=O) groups excluding carboxylic acids is 1. The Morgan fingerprint density at radius 2 is 2.05 bits per heavy atom. The van der Waals surface area contributed by atoms with Crippen LogP contribution >= 0.6 is 0 Å². The second kappa shape index (κ2) is 6.17. The van der Waals surface area contributed by atoms with Crippen molar-refractivity contribution in [3.8, 4) is 0 Å². The Balaban J connectivity index is 1.87. The molecule has 19 heavy (non-hydrogen) atoms. The van der Waals surface area contributed by atoms with Gasteiger partial charge in [-0.15, -0.1) is 0 Å². The summed E-state index contributed by atoms with van der Waals surface area (Å²) in [5, 5.41) is 2.94. The van der Waals surface area contributed by atoms with Crippen LogP contribution in [0.15, 0.2) is 24.3 Å². The first-order chi connectivity index (χ1) is 9.08. The second-order valence-corrected chi connectivity index (χ2v) is 5.60. The van der Waals surface area contributed by atoms with Gasteiger partial charge in [-0.25, -0.2) is 0 Å². The third kappa shape index (κ3) is 3.78. The molecule has 0 saturated carbocycles. The lowest BCUT2D eigenvalue weighted by Gasteiger charge is -2.15. The van der Waals surface area contributed by atoms with Gasteiger partial charge in [0.25, 0.3) is 0 Å². The first kappa shape index (κ1) is 14.0. The number of rotatable bonds is 4. The third-order valence-corrected chi connectivity index (χ3v) is 3.88. The van der Waals surface area contributed by atoms with Crippen molar-refractivity contribution in [1.29, 1.82) is 0 Å². The van der Waals surface area contributed by atoms with Crippen molar-refractivity contribution in [2.75, 3.05) is 25.0 Å². The van der Waals surface area contributed by atoms with E-state index in [4.69, 9.17) is 5.73 Å². The molecular formula is C15H23N3O. The molecular weight excluding hydrogens is 238 g/mol. The topological polar surface area (TPSA) is 58.4 Å². The van der Waals surface area contributed by atoms with Crippen LogP contribution in [0.1, 0.15) is 19.4 Å². The molecule has 0 aliphatic carbocycles. The highest BCUT2D eigenvalue weighted by molar-refractivity contribution is 5.92. The fourth-order valence-corrected chi connectivity index (χ4v) is 2.56. The van der Waals surface area contributed by atoms with Gasteiger partial charge < -0.3 is 11.1 Å². The van der Waals surface area contributed by atoms with E-state index in [-0.39, 0.29) is 5.91 Å². The van der Waals surface area contributed by atoms with E-state index in [9.17, 15) is 4.79 Å². The fourth-order valence-electron chi connectivity index (χ4n) is 2.56. The maximum Gasteiger partial charge on any atom is 0.238 e. The summed E-state index contributed by atoms with van der Waals surface area (Å²) in [7, 11) is 0. The maximum atomic E-state index is 12.0. The summed E-state index contributed by atoms with van der Waals surface area (Å²) in [4.78, 5) is 14.2. The van der Waals surface area contributed by atoms with Crippen LogP contribution in [0.2, 0.25) is 0 Å². The van der Waals surface area contributed by atoms with E-state index in [1.807, 2.05) is 24.3 Å². The summed E-state index contributed by atoms with van der Waals surface area (Å²) < 4.78 is 0. The first-order valence-corrected chi connectivity index (χ1v) is 6.89. The van der Waals surface area contributed by atoms with Crippen LogP contribution in [0.4, 0.5) is 5.69 Å². The van der Waals surface area contributed by atoms with E-state index < -0.39 is 0 Å². The van der Waals surface area contributed by atoms with Crippen molar-refractivity contribution in [2.45, 2.75) is 20.4 Å². The molecule has 1 saturated heterocycles. The SMILES string of the molecule is CC1CN(CC(=O)Nc2cccc(CN)c2)CC1C. The zero-order chi connectivity index (χ0) is 13.8. The molecule has 2 rings (SSSR count). The largest absolute Gasteiger partial charge is 0.326 e. The van der Waals surface area contributed by atoms with E-state index in [0.717, 1.165) is 24.3 Å². The number of nitrogens with two attached hydrogens (primary N) is 1. The van der Waals surface area contributed by atoms with E-state index >= 15 is 0 Å². The Hall–Kier alpha value is -1.39. The number of nitrogens with one attached hydrogen (secondary N) is 1. The van der Waals surface area contributed by atoms with Crippen molar-refractivity contribution in [3.63, 3.8) is 0 Å². The molecule has 0 spiro atoms. The first-order valence-electron chi connectivity index (χ1n) is 6.89. The van der Waals surface area contributed by atoms with E-state index in [0.29, 0.717) is 24.9 Å². The summed E-state index contributed by atoms with van der Waals surface area (Å²) in [6.45, 7) is 7.47. The molecule has 1 amide bonds. The van der Waals surface area contributed by atoms with Gasteiger partial charge in [-0.05, 0) is 29.5 Å². The number of likely N-dealkylation sites (tertiary alicyclic amines) is 1. The van der Waals surface area contributed by atoms with Gasteiger partial charge in [-0.1, -0.05) is 26.0 Å². The molecule has 0 bridgehead atoms. The van der Waals surface area contributed by atoms with Crippen LogP contribution in [0.3, 0.4) is 0 Å². The van der Waals surface area contributed by atoms with Gasteiger partial charge in [0.1, 0.15) is 0 Å². The average molecular weight is 261 g/mol. The molecule has 1 aliphatic rings. The Morgan fingerprint density at radius 3 is 2.68 bits per heavy atom. The van der Waals surface area contributed by atoms with Crippen LogP contribution in [0, 0.1) is 11.8 Å². The van der Waals surface area contributed by atoms with Crippen LogP contribution in [-0.2, 0) is 11.3 Å². The molecule has 1 fully saturated rings. The Bertz CT molecular complexity index is 437. The Kier molecular flexibility index (Phi) is 4.56. The van der Waals surface area contributed by atoms with Gasteiger partial charge in [-0.2, -0.15) is 0 Å². The van der Waals surface area contributed by atoms with Crippen LogP contribution in [0.25, 0.3) is 0 Å². The van der Waals surface area contributed by atoms with Crippen molar-refractivity contribution in [3.05, 3.63) is 29.8 Å². The van der Waals surface area contributed by atoms with Gasteiger partial charge in [0, 0.05) is 25.3 Å². The van der Waals surface area contributed by atoms with Gasteiger partial charge in [0.15, 0.2) is 0 Å². The summed E-state index contributed by atoms with van der Waals surface area (Å²) in [5.41, 5.74) is 7.45. The molecule has 104 valence electrons. The highest BCUT2D eigenvalue weighted by Gasteiger charge is 2.27. The zero-order valence-corrected chi connectivity index (χ0v) is 11.7. The lowest BCUT2D eigenvalue weighted by molar-refractivity contribution is -0.117. The molecule has 0 radical (unpaired) electrons. The number of nitrogens with zero attached hydrogens (tertiary/aromatic N) is 1. The lowest BCUT2D eigenvalue weighted by Crippen LogP contribution is -2.31. The fraction of sp³-hybridized carbons (Fsp3) is 0.533. The number of amides is 1. The molecule has 3 N–H and O–H groups in total. The van der Waals surface area contributed by atoms with E-state index in [2.05, 4.69) is 24.1 Å². The Labute approximate surface area is 115 Å². The predicted octanol–water partition coefficient (Wildman–Crippen LogP) is 1.67. The number of benzene rings is 1. The quantitative estimate of drug-likeness (QED) is 0.867. The summed E-state index contributed by atoms with van der Waals surface area (Å²) in [6.07, 6.45) is 0. The normalized spacial score (nSPS) is 23.5. The minimum atomic E-state index is 0.0514. The molecule has 4 heteroatoms. The highest BCUT2D eigenvalue weighted by Crippen LogP contribution is 2.21. The summed E-state index contributed by atoms with van der Waals surface area (Å²) in [6, 6.07) is 7.69. The van der Waals surface area contributed by atoms with Crippen LogP contribution in [-0.4, -0.2) is 30.4 Å². The highest BCUT2D eigenvalue weighted by atomic mass is 16.2. The Morgan fingerprint density at radius 1 is 1.37 bits per heavy atom. The number of anilines is 1. The predicted molar refractivity (Wildman–Crippen MR) is 77.7 cm³/mol. The minimum absolute atomic E-state index is 0.0514. The van der Waals surface area contributed by atoms with Crippen molar-refractivity contribution in [2.24, 2.45) is 17.6 Å². The molecule has 1 aromatic rings. The van der Waals surface area contributed by atoms with Gasteiger partial charge in [-0.3, -0.25) is 9.69 Å². The van der Waals surface area contributed by atoms with Gasteiger partial charge in [0.2, 0.25) is 5.91 Å². The standard InChI is InChI=1S/C15H23N3O/c1-11-8-18(9-12(11)2)10-15(19)17-14-5-3-4-13(6-14)7-16/h3-6,11-12H,7-10,16H2,1-2H3,(H,17,19). The number of hydrogen-bond donors (Lipinski definition) is 2. The molecule has 1 aromatic carbocycles. The van der Waals surface area contributed by atoms with Crippen LogP contribution in [0.5, 0.6) is 0 Å². The molecule has 1 aliphatic heterocycles. The smallest absolute Gasteiger partial charge is 0.238 e. The van der Waals surface area contributed by atoms with E-state index in [1.54, 1.807) is 0 Å². The minimum Gasteiger partial charge on any atom is -0.326 e. The zero-order valence-electron chi connectivity index (χ0n) is 11.7.